The fourth-order valence-electron chi connectivity index (χ4n) is 7.07. The SMILES string of the molecule is CC(C)N(C[C@@H]1C[C@@H](O)[C@H](n2ccc3c(N)ncnc32)C1)[C@H]1C[C@@H](CCc2nc3cc(C(C)(C)C)ccc3[nH]2)C1. The van der Waals surface area contributed by atoms with E-state index in [1.165, 1.54) is 31.2 Å². The Bertz CT molecular complexity index is 1480. The van der Waals surface area contributed by atoms with Crippen LogP contribution in [-0.2, 0) is 11.8 Å². The average molecular weight is 544 g/mol. The number of aromatic amines is 1. The Kier molecular flexibility index (Phi) is 7.11. The summed E-state index contributed by atoms with van der Waals surface area (Å²) in [6.45, 7) is 12.4. The van der Waals surface area contributed by atoms with Gasteiger partial charge < -0.3 is 20.4 Å². The third kappa shape index (κ3) is 5.23. The second-order valence-corrected chi connectivity index (χ2v) is 13.7. The Morgan fingerprint density at radius 3 is 2.65 bits per heavy atom. The third-order valence-corrected chi connectivity index (χ3v) is 9.49. The first-order valence-corrected chi connectivity index (χ1v) is 15.1. The van der Waals surface area contributed by atoms with Crippen molar-refractivity contribution in [2.75, 3.05) is 12.3 Å². The van der Waals surface area contributed by atoms with Crippen molar-refractivity contribution in [3.05, 3.63) is 48.2 Å². The number of rotatable bonds is 8. The maximum atomic E-state index is 11.0. The van der Waals surface area contributed by atoms with Crippen molar-refractivity contribution in [3.8, 4) is 0 Å². The van der Waals surface area contributed by atoms with Gasteiger partial charge in [0.2, 0.25) is 0 Å². The van der Waals surface area contributed by atoms with Gasteiger partial charge >= 0.3 is 0 Å². The number of H-pyrrole nitrogens is 1. The van der Waals surface area contributed by atoms with Gasteiger partial charge in [0.25, 0.3) is 0 Å². The Morgan fingerprint density at radius 1 is 1.10 bits per heavy atom. The molecule has 0 saturated heterocycles. The zero-order chi connectivity index (χ0) is 28.2. The molecular weight excluding hydrogens is 498 g/mol. The molecule has 1 aromatic carbocycles. The highest BCUT2D eigenvalue weighted by Gasteiger charge is 2.40. The number of aliphatic hydroxyl groups excluding tert-OH is 1. The summed E-state index contributed by atoms with van der Waals surface area (Å²) in [5, 5.41) is 11.9. The van der Waals surface area contributed by atoms with Crippen molar-refractivity contribution in [2.24, 2.45) is 11.8 Å². The number of hydrogen-bond donors (Lipinski definition) is 3. The second kappa shape index (κ2) is 10.5. The lowest BCUT2D eigenvalue weighted by atomic mass is 9.76. The summed E-state index contributed by atoms with van der Waals surface area (Å²) in [6.07, 6.45) is 9.63. The van der Waals surface area contributed by atoms with E-state index in [1.807, 2.05) is 12.3 Å². The summed E-state index contributed by atoms with van der Waals surface area (Å²) in [7, 11) is 0. The van der Waals surface area contributed by atoms with Crippen molar-refractivity contribution in [3.63, 3.8) is 0 Å². The van der Waals surface area contributed by atoms with E-state index in [-0.39, 0.29) is 17.6 Å². The van der Waals surface area contributed by atoms with E-state index in [0.717, 1.165) is 59.6 Å². The van der Waals surface area contributed by atoms with Gasteiger partial charge in [-0.3, -0.25) is 4.90 Å². The predicted molar refractivity (Wildman–Crippen MR) is 161 cm³/mol. The minimum absolute atomic E-state index is 0.0308. The molecule has 2 saturated carbocycles. The van der Waals surface area contributed by atoms with E-state index < -0.39 is 0 Å². The van der Waals surface area contributed by atoms with E-state index in [9.17, 15) is 5.11 Å². The van der Waals surface area contributed by atoms with Crippen LogP contribution in [0.4, 0.5) is 5.82 Å². The molecule has 4 N–H and O–H groups in total. The molecule has 0 bridgehead atoms. The van der Waals surface area contributed by atoms with E-state index in [1.54, 1.807) is 0 Å². The first-order chi connectivity index (χ1) is 19.1. The molecule has 8 heteroatoms. The van der Waals surface area contributed by atoms with Crippen LogP contribution >= 0.6 is 0 Å². The van der Waals surface area contributed by atoms with Crippen LogP contribution in [0.1, 0.15) is 84.2 Å². The van der Waals surface area contributed by atoms with E-state index in [2.05, 4.69) is 77.2 Å². The predicted octanol–water partition coefficient (Wildman–Crippen LogP) is 5.62. The number of anilines is 1. The zero-order valence-corrected chi connectivity index (χ0v) is 24.6. The van der Waals surface area contributed by atoms with Crippen LogP contribution in [0.25, 0.3) is 22.1 Å². The molecule has 6 rings (SSSR count). The number of aryl methyl sites for hydroxylation is 1. The average Bonchev–Trinajstić information content (AvgIpc) is 3.57. The molecule has 40 heavy (non-hydrogen) atoms. The van der Waals surface area contributed by atoms with Crippen LogP contribution in [0.15, 0.2) is 36.8 Å². The Balaban J connectivity index is 1.03. The van der Waals surface area contributed by atoms with Gasteiger partial charge in [0.15, 0.2) is 0 Å². The van der Waals surface area contributed by atoms with E-state index in [0.29, 0.717) is 23.8 Å². The maximum absolute atomic E-state index is 11.0. The fraction of sp³-hybridized carbons (Fsp3) is 0.594. The van der Waals surface area contributed by atoms with Crippen LogP contribution in [0.3, 0.4) is 0 Å². The molecule has 0 unspecified atom stereocenters. The first kappa shape index (κ1) is 27.2. The quantitative estimate of drug-likeness (QED) is 0.266. The van der Waals surface area contributed by atoms with E-state index >= 15 is 0 Å². The van der Waals surface area contributed by atoms with Gasteiger partial charge in [0.05, 0.1) is 28.6 Å². The summed E-state index contributed by atoms with van der Waals surface area (Å²) in [4.78, 5) is 19.7. The number of hydrogen-bond acceptors (Lipinski definition) is 6. The molecule has 0 aliphatic heterocycles. The van der Waals surface area contributed by atoms with Crippen molar-refractivity contribution in [1.29, 1.82) is 0 Å². The Morgan fingerprint density at radius 2 is 1.90 bits per heavy atom. The number of nitrogen functional groups attached to an aromatic ring is 1. The lowest BCUT2D eigenvalue weighted by molar-refractivity contribution is 0.0355. The molecule has 3 atom stereocenters. The van der Waals surface area contributed by atoms with Gasteiger partial charge in [-0.05, 0) is 87.0 Å². The highest BCUT2D eigenvalue weighted by molar-refractivity contribution is 5.86. The standard InChI is InChI=1S/C32H45N7O/c1-19(2)39(17-21-14-27(28(40)15-21)38-11-10-24-30(33)34-18-35-31(24)38)23-12-20(13-23)6-9-29-36-25-8-7-22(32(3,4)5)16-26(25)37-29/h7-8,10-11,16,18-21,23,27-28,40H,6,9,12-15,17H2,1-5H3,(H,36,37)(H2,33,34,35)/t20-,21-,23+,27+,28+/m0/s1. The monoisotopic (exact) mass is 543 g/mol. The Hall–Kier alpha value is -2.97. The molecule has 3 heterocycles. The minimum atomic E-state index is -0.372. The number of imidazole rings is 1. The number of fused-ring (bicyclic) bond motifs is 2. The van der Waals surface area contributed by atoms with Crippen LogP contribution in [0.2, 0.25) is 0 Å². The maximum Gasteiger partial charge on any atom is 0.145 e. The molecule has 3 aromatic heterocycles. The van der Waals surface area contributed by atoms with Crippen molar-refractivity contribution < 1.29 is 5.11 Å². The van der Waals surface area contributed by atoms with Gasteiger partial charge in [0, 0.05) is 31.2 Å². The third-order valence-electron chi connectivity index (χ3n) is 9.49. The van der Waals surface area contributed by atoms with Gasteiger partial charge in [-0.2, -0.15) is 0 Å². The molecule has 0 amide bonds. The lowest BCUT2D eigenvalue weighted by Gasteiger charge is -2.46. The summed E-state index contributed by atoms with van der Waals surface area (Å²) in [5.41, 5.74) is 10.6. The highest BCUT2D eigenvalue weighted by Crippen LogP contribution is 2.41. The minimum Gasteiger partial charge on any atom is -0.391 e. The highest BCUT2D eigenvalue weighted by atomic mass is 16.3. The summed E-state index contributed by atoms with van der Waals surface area (Å²) >= 11 is 0. The molecule has 0 spiro atoms. The van der Waals surface area contributed by atoms with Crippen LogP contribution in [-0.4, -0.2) is 59.2 Å². The molecule has 4 aromatic rings. The number of nitrogens with one attached hydrogen (secondary N) is 1. The van der Waals surface area contributed by atoms with Gasteiger partial charge in [-0.25, -0.2) is 15.0 Å². The number of aliphatic hydroxyl groups is 1. The van der Waals surface area contributed by atoms with E-state index in [4.69, 9.17) is 10.7 Å². The smallest absolute Gasteiger partial charge is 0.145 e. The molecule has 2 aliphatic carbocycles. The normalized spacial score (nSPS) is 25.4. The zero-order valence-electron chi connectivity index (χ0n) is 24.6. The lowest BCUT2D eigenvalue weighted by Crippen LogP contribution is -2.49. The largest absolute Gasteiger partial charge is 0.391 e. The molecule has 8 nitrogen and oxygen atoms in total. The van der Waals surface area contributed by atoms with Crippen LogP contribution < -0.4 is 5.73 Å². The van der Waals surface area contributed by atoms with Gasteiger partial charge in [-0.1, -0.05) is 26.8 Å². The first-order valence-electron chi connectivity index (χ1n) is 15.1. The molecule has 214 valence electrons. The number of aromatic nitrogens is 5. The van der Waals surface area contributed by atoms with Crippen molar-refractivity contribution >= 4 is 27.9 Å². The fourth-order valence-corrected chi connectivity index (χ4v) is 7.07. The molecule has 2 aliphatic rings. The van der Waals surface area contributed by atoms with Crippen LogP contribution in [0, 0.1) is 11.8 Å². The van der Waals surface area contributed by atoms with Gasteiger partial charge in [0.1, 0.15) is 23.6 Å². The molecule has 0 radical (unpaired) electrons. The van der Waals surface area contributed by atoms with Crippen LogP contribution in [0.5, 0.6) is 0 Å². The Labute approximate surface area is 237 Å². The number of nitrogens with two attached hydrogens (primary N) is 1. The molecule has 2 fully saturated rings. The summed E-state index contributed by atoms with van der Waals surface area (Å²) < 4.78 is 2.11. The number of benzene rings is 1. The number of nitrogens with zero attached hydrogens (tertiary/aromatic N) is 5. The second-order valence-electron chi connectivity index (χ2n) is 13.7. The molecular formula is C32H45N7O. The topological polar surface area (TPSA) is 109 Å². The van der Waals surface area contributed by atoms with Crippen molar-refractivity contribution in [1.82, 2.24) is 29.4 Å². The summed E-state index contributed by atoms with van der Waals surface area (Å²) in [5.74, 6) is 2.82. The summed E-state index contributed by atoms with van der Waals surface area (Å²) in [6, 6.07) is 9.76. The van der Waals surface area contributed by atoms with Gasteiger partial charge in [-0.15, -0.1) is 0 Å². The van der Waals surface area contributed by atoms with Crippen molar-refractivity contribution in [2.45, 2.75) is 103 Å².